The molecule has 6 heteroatoms. The molecule has 0 aliphatic rings. The monoisotopic (exact) mass is 365 g/mol. The van der Waals surface area contributed by atoms with Crippen molar-refractivity contribution in [2.24, 2.45) is 0 Å². The summed E-state index contributed by atoms with van der Waals surface area (Å²) in [4.78, 5) is 8.93. The predicted octanol–water partition coefficient (Wildman–Crippen LogP) is 2.59. The molecular weight excluding hydrogens is 345 g/mol. The zero-order chi connectivity index (χ0) is 13.4. The Bertz CT molecular complexity index is 347. The number of aromatic nitrogens is 2. The van der Waals surface area contributed by atoms with Crippen molar-refractivity contribution < 1.29 is 9.47 Å². The van der Waals surface area contributed by atoms with E-state index < -0.39 is 0 Å². The van der Waals surface area contributed by atoms with Gasteiger partial charge < -0.3 is 14.8 Å². The lowest BCUT2D eigenvalue weighted by Gasteiger charge is -2.12. The highest BCUT2D eigenvalue weighted by atomic mass is 127. The van der Waals surface area contributed by atoms with Crippen LogP contribution in [0.3, 0.4) is 0 Å². The fourth-order valence-corrected chi connectivity index (χ4v) is 2.02. The molecule has 0 saturated carbocycles. The van der Waals surface area contributed by atoms with E-state index in [0.717, 1.165) is 34.7 Å². The molecule has 0 radical (unpaired) electrons. The molecule has 1 aromatic heterocycles. The van der Waals surface area contributed by atoms with Gasteiger partial charge in [0, 0.05) is 20.3 Å². The van der Waals surface area contributed by atoms with E-state index in [4.69, 9.17) is 9.47 Å². The summed E-state index contributed by atoms with van der Waals surface area (Å²) in [6.07, 6.45) is 0.995. The van der Waals surface area contributed by atoms with Crippen LogP contribution in [-0.4, -0.2) is 30.2 Å². The summed E-state index contributed by atoms with van der Waals surface area (Å²) >= 11 is 2.24. The lowest BCUT2D eigenvalue weighted by Crippen LogP contribution is -2.11. The highest BCUT2D eigenvalue weighted by Gasteiger charge is 2.11. The maximum absolute atomic E-state index is 5.48. The molecule has 0 atom stereocenters. The van der Waals surface area contributed by atoms with Gasteiger partial charge in [-0.05, 0) is 35.9 Å². The molecule has 5 nitrogen and oxygen atoms in total. The van der Waals surface area contributed by atoms with Gasteiger partial charge in [0.1, 0.15) is 12.4 Å². The first kappa shape index (κ1) is 15.6. The second-order valence-corrected chi connectivity index (χ2v) is 4.84. The first-order valence-corrected chi connectivity index (χ1v) is 7.16. The maximum Gasteiger partial charge on any atom is 0.156 e. The molecule has 0 saturated heterocycles. The van der Waals surface area contributed by atoms with Gasteiger partial charge in [0.15, 0.2) is 5.82 Å². The number of nitrogens with zero attached hydrogens (tertiary/aromatic N) is 2. The van der Waals surface area contributed by atoms with Gasteiger partial charge in [-0.15, -0.1) is 0 Å². The molecule has 102 valence electrons. The second-order valence-electron chi connectivity index (χ2n) is 3.77. The molecule has 0 aliphatic carbocycles. The second kappa shape index (κ2) is 8.60. The highest BCUT2D eigenvalue weighted by Crippen LogP contribution is 2.20. The molecule has 18 heavy (non-hydrogen) atoms. The normalized spacial score (nSPS) is 10.7. The first-order chi connectivity index (χ1) is 8.72. The minimum Gasteiger partial charge on any atom is -0.378 e. The van der Waals surface area contributed by atoms with E-state index >= 15 is 0 Å². The molecule has 0 bridgehead atoms. The average Bonchev–Trinajstić information content (AvgIpc) is 2.35. The number of rotatable bonds is 8. The minimum atomic E-state index is 0.444. The van der Waals surface area contributed by atoms with Gasteiger partial charge in [-0.1, -0.05) is 6.92 Å². The zero-order valence-electron chi connectivity index (χ0n) is 11.1. The predicted molar refractivity (Wildman–Crippen MR) is 79.6 cm³/mol. The Hall–Kier alpha value is -0.470. The van der Waals surface area contributed by atoms with Gasteiger partial charge in [0.25, 0.3) is 0 Å². The van der Waals surface area contributed by atoms with Crippen molar-refractivity contribution in [3.05, 3.63) is 15.1 Å². The molecule has 1 rings (SSSR count). The number of anilines is 1. The Morgan fingerprint density at radius 3 is 2.61 bits per heavy atom. The number of hydrogen-bond donors (Lipinski definition) is 1. The van der Waals surface area contributed by atoms with E-state index in [9.17, 15) is 0 Å². The van der Waals surface area contributed by atoms with Gasteiger partial charge in [0.05, 0.1) is 15.9 Å². The van der Waals surface area contributed by atoms with Crippen LogP contribution in [-0.2, 0) is 22.7 Å². The van der Waals surface area contributed by atoms with Gasteiger partial charge in [0.2, 0.25) is 0 Å². The number of halogens is 1. The Morgan fingerprint density at radius 1 is 1.22 bits per heavy atom. The molecular formula is C12H20IN3O2. The summed E-state index contributed by atoms with van der Waals surface area (Å²) in [6, 6.07) is 0. The zero-order valence-corrected chi connectivity index (χ0v) is 13.3. The molecule has 1 N–H and O–H groups in total. The van der Waals surface area contributed by atoms with E-state index in [2.05, 4.69) is 44.8 Å². The SMILES string of the molecule is CCCOCc1nc(COC)c(I)c(NCC)n1. The van der Waals surface area contributed by atoms with Crippen LogP contribution in [0.5, 0.6) is 0 Å². The topological polar surface area (TPSA) is 56.3 Å². The van der Waals surface area contributed by atoms with Crippen LogP contribution in [0.25, 0.3) is 0 Å². The summed E-state index contributed by atoms with van der Waals surface area (Å²) in [5, 5.41) is 3.24. The van der Waals surface area contributed by atoms with Crippen molar-refractivity contribution in [3.63, 3.8) is 0 Å². The van der Waals surface area contributed by atoms with E-state index in [-0.39, 0.29) is 0 Å². The molecule has 0 aliphatic heterocycles. The summed E-state index contributed by atoms with van der Waals surface area (Å²) in [6.45, 7) is 6.61. The Kier molecular flexibility index (Phi) is 7.45. The number of ether oxygens (including phenoxy) is 2. The summed E-state index contributed by atoms with van der Waals surface area (Å²) in [5.41, 5.74) is 0.902. The minimum absolute atomic E-state index is 0.444. The first-order valence-electron chi connectivity index (χ1n) is 6.08. The number of methoxy groups -OCH3 is 1. The van der Waals surface area contributed by atoms with Crippen molar-refractivity contribution in [2.45, 2.75) is 33.5 Å². The number of nitrogens with one attached hydrogen (secondary N) is 1. The third-order valence-corrected chi connectivity index (χ3v) is 3.30. The Labute approximate surface area is 122 Å². The van der Waals surface area contributed by atoms with Crippen LogP contribution in [0.1, 0.15) is 31.8 Å². The standard InChI is InChI=1S/C12H20IN3O2/c1-4-6-18-8-10-15-9(7-17-3)11(13)12(16-10)14-5-2/h4-8H2,1-3H3,(H,14,15,16). The van der Waals surface area contributed by atoms with Crippen LogP contribution in [0.2, 0.25) is 0 Å². The van der Waals surface area contributed by atoms with Gasteiger partial charge in [-0.25, -0.2) is 9.97 Å². The molecule has 0 amide bonds. The molecule has 0 fully saturated rings. The van der Waals surface area contributed by atoms with Crippen LogP contribution in [0, 0.1) is 3.57 Å². The van der Waals surface area contributed by atoms with Gasteiger partial charge in [-0.2, -0.15) is 0 Å². The molecule has 1 heterocycles. The van der Waals surface area contributed by atoms with Crippen molar-refractivity contribution in [3.8, 4) is 0 Å². The van der Waals surface area contributed by atoms with E-state index in [1.807, 2.05) is 6.92 Å². The van der Waals surface area contributed by atoms with Crippen LogP contribution >= 0.6 is 22.6 Å². The van der Waals surface area contributed by atoms with Gasteiger partial charge in [-0.3, -0.25) is 0 Å². The van der Waals surface area contributed by atoms with Crippen molar-refractivity contribution in [1.29, 1.82) is 0 Å². The average molecular weight is 365 g/mol. The molecule has 0 aromatic carbocycles. The van der Waals surface area contributed by atoms with E-state index in [1.54, 1.807) is 7.11 Å². The Balaban J connectivity index is 2.88. The smallest absolute Gasteiger partial charge is 0.156 e. The molecule has 1 aromatic rings. The lowest BCUT2D eigenvalue weighted by molar-refractivity contribution is 0.115. The third kappa shape index (κ3) is 4.66. The number of hydrogen-bond acceptors (Lipinski definition) is 5. The van der Waals surface area contributed by atoms with Crippen LogP contribution < -0.4 is 5.32 Å². The van der Waals surface area contributed by atoms with Crippen molar-refractivity contribution in [2.75, 3.05) is 25.6 Å². The Morgan fingerprint density at radius 2 is 2.00 bits per heavy atom. The fourth-order valence-electron chi connectivity index (χ4n) is 1.43. The fraction of sp³-hybridized carbons (Fsp3) is 0.667. The maximum atomic E-state index is 5.48. The van der Waals surface area contributed by atoms with Gasteiger partial charge >= 0.3 is 0 Å². The molecule has 0 spiro atoms. The quantitative estimate of drug-likeness (QED) is 0.567. The largest absolute Gasteiger partial charge is 0.378 e. The van der Waals surface area contributed by atoms with E-state index in [0.29, 0.717) is 19.0 Å². The van der Waals surface area contributed by atoms with Crippen molar-refractivity contribution in [1.82, 2.24) is 9.97 Å². The van der Waals surface area contributed by atoms with E-state index in [1.165, 1.54) is 0 Å². The third-order valence-electron chi connectivity index (χ3n) is 2.17. The summed E-state index contributed by atoms with van der Waals surface area (Å²) in [7, 11) is 1.67. The van der Waals surface area contributed by atoms with Crippen molar-refractivity contribution >= 4 is 28.4 Å². The van der Waals surface area contributed by atoms with Crippen LogP contribution in [0.15, 0.2) is 0 Å². The molecule has 0 unspecified atom stereocenters. The lowest BCUT2D eigenvalue weighted by atomic mass is 10.4. The summed E-state index contributed by atoms with van der Waals surface area (Å²) in [5.74, 6) is 1.56. The van der Waals surface area contributed by atoms with Crippen LogP contribution in [0.4, 0.5) is 5.82 Å². The highest BCUT2D eigenvalue weighted by molar-refractivity contribution is 14.1. The summed E-state index contributed by atoms with van der Waals surface area (Å²) < 4.78 is 11.6.